The molecule has 152 valence electrons. The standard InChI is InChI=1S/C17H21N3O8/c1-9(21)19-8-12(22)7-14(19)16(23)18-13(17(24)25)6-10-5-11(20(26)27)3-4-15(10)28-2/h3-5,12-14,22H,6-8H2,1-2H3,(H,18,23)(H,24,25)/t12-,13+,14+/m1/s1. The number of hydrogen-bond acceptors (Lipinski definition) is 7. The highest BCUT2D eigenvalue weighted by molar-refractivity contribution is 5.90. The number of nitrogens with one attached hydrogen (secondary N) is 1. The number of amides is 2. The first-order valence-electron chi connectivity index (χ1n) is 8.43. The summed E-state index contributed by atoms with van der Waals surface area (Å²) in [5.41, 5.74) is -0.00721. The van der Waals surface area contributed by atoms with Crippen LogP contribution in [0, 0.1) is 10.1 Å². The Morgan fingerprint density at radius 3 is 2.64 bits per heavy atom. The number of aliphatic carboxylic acids is 1. The lowest BCUT2D eigenvalue weighted by Crippen LogP contribution is -2.51. The number of carbonyl (C=O) groups excluding carboxylic acids is 2. The Kier molecular flexibility index (Phi) is 6.52. The van der Waals surface area contributed by atoms with Crippen LogP contribution in [-0.4, -0.2) is 69.7 Å². The number of nitro groups is 1. The topological polar surface area (TPSA) is 159 Å². The molecule has 0 unspecified atom stereocenters. The number of nitro benzene ring substituents is 1. The zero-order valence-electron chi connectivity index (χ0n) is 15.3. The summed E-state index contributed by atoms with van der Waals surface area (Å²) in [7, 11) is 1.34. The monoisotopic (exact) mass is 395 g/mol. The minimum absolute atomic E-state index is 0.00210. The third-order valence-corrected chi connectivity index (χ3v) is 4.50. The number of aliphatic hydroxyl groups is 1. The van der Waals surface area contributed by atoms with Crippen molar-refractivity contribution in [3.05, 3.63) is 33.9 Å². The lowest BCUT2D eigenvalue weighted by atomic mass is 10.0. The molecule has 3 atom stereocenters. The van der Waals surface area contributed by atoms with Crippen molar-refractivity contribution in [2.75, 3.05) is 13.7 Å². The minimum Gasteiger partial charge on any atom is -0.496 e. The summed E-state index contributed by atoms with van der Waals surface area (Å²) in [5.74, 6) is -2.24. The Bertz CT molecular complexity index is 797. The van der Waals surface area contributed by atoms with Gasteiger partial charge in [0.05, 0.1) is 18.1 Å². The maximum Gasteiger partial charge on any atom is 0.326 e. The van der Waals surface area contributed by atoms with Crippen LogP contribution < -0.4 is 10.1 Å². The van der Waals surface area contributed by atoms with Crippen molar-refractivity contribution < 1.29 is 34.3 Å². The van der Waals surface area contributed by atoms with Crippen LogP contribution in [0.25, 0.3) is 0 Å². The molecule has 11 nitrogen and oxygen atoms in total. The molecule has 1 heterocycles. The van der Waals surface area contributed by atoms with Gasteiger partial charge in [0.15, 0.2) is 0 Å². The summed E-state index contributed by atoms with van der Waals surface area (Å²) in [4.78, 5) is 47.3. The van der Waals surface area contributed by atoms with Gasteiger partial charge in [0.2, 0.25) is 11.8 Å². The molecule has 28 heavy (non-hydrogen) atoms. The molecule has 11 heteroatoms. The number of carboxylic acid groups (broad SMARTS) is 1. The molecule has 0 radical (unpaired) electrons. The normalized spacial score (nSPS) is 19.8. The summed E-state index contributed by atoms with van der Waals surface area (Å²) in [6.45, 7) is 1.24. The molecule has 0 spiro atoms. The lowest BCUT2D eigenvalue weighted by Gasteiger charge is -2.24. The summed E-state index contributed by atoms with van der Waals surface area (Å²) in [6.07, 6.45) is -1.14. The van der Waals surface area contributed by atoms with E-state index in [0.717, 1.165) is 0 Å². The Labute approximate surface area is 160 Å². The van der Waals surface area contributed by atoms with Gasteiger partial charge in [-0.25, -0.2) is 4.79 Å². The van der Waals surface area contributed by atoms with Gasteiger partial charge < -0.3 is 25.2 Å². The van der Waals surface area contributed by atoms with Gasteiger partial charge >= 0.3 is 5.97 Å². The first kappa shape index (κ1) is 21.1. The summed E-state index contributed by atoms with van der Waals surface area (Å²) in [5, 5.41) is 32.5. The molecule has 1 aliphatic rings. The van der Waals surface area contributed by atoms with Crippen molar-refractivity contribution in [3.8, 4) is 5.75 Å². The summed E-state index contributed by atoms with van der Waals surface area (Å²) in [6, 6.07) is 1.36. The van der Waals surface area contributed by atoms with Crippen LogP contribution in [0.5, 0.6) is 5.75 Å². The molecule has 0 aromatic heterocycles. The van der Waals surface area contributed by atoms with E-state index >= 15 is 0 Å². The number of β-amino-alcohol motifs (C(OH)–C–C–N with tert-alkyl or cyclic N) is 1. The highest BCUT2D eigenvalue weighted by Gasteiger charge is 2.39. The second-order valence-corrected chi connectivity index (χ2v) is 6.43. The number of aliphatic hydroxyl groups excluding tert-OH is 1. The molecule has 2 amide bonds. The SMILES string of the molecule is COc1ccc([N+](=O)[O-])cc1C[C@H](NC(=O)[C@@H]1C[C@@H](O)CN1C(C)=O)C(=O)O. The van der Waals surface area contributed by atoms with Crippen LogP contribution >= 0.6 is 0 Å². The zero-order valence-corrected chi connectivity index (χ0v) is 15.3. The van der Waals surface area contributed by atoms with Crippen LogP contribution in [0.2, 0.25) is 0 Å². The zero-order chi connectivity index (χ0) is 21.0. The maximum atomic E-state index is 12.5. The third kappa shape index (κ3) is 4.74. The van der Waals surface area contributed by atoms with Crippen molar-refractivity contribution in [3.63, 3.8) is 0 Å². The molecule has 1 fully saturated rings. The predicted molar refractivity (Wildman–Crippen MR) is 94.7 cm³/mol. The fourth-order valence-corrected chi connectivity index (χ4v) is 3.14. The highest BCUT2D eigenvalue weighted by Crippen LogP contribution is 2.25. The average molecular weight is 395 g/mol. The van der Waals surface area contributed by atoms with Crippen molar-refractivity contribution in [1.82, 2.24) is 10.2 Å². The van der Waals surface area contributed by atoms with Crippen LogP contribution in [0.15, 0.2) is 18.2 Å². The lowest BCUT2D eigenvalue weighted by molar-refractivity contribution is -0.384. The second-order valence-electron chi connectivity index (χ2n) is 6.43. The smallest absolute Gasteiger partial charge is 0.326 e. The highest BCUT2D eigenvalue weighted by atomic mass is 16.6. The number of likely N-dealkylation sites (tertiary alicyclic amines) is 1. The molecule has 2 rings (SSSR count). The first-order chi connectivity index (χ1) is 13.1. The Morgan fingerprint density at radius 1 is 1.43 bits per heavy atom. The van der Waals surface area contributed by atoms with Gasteiger partial charge in [0.1, 0.15) is 17.8 Å². The van der Waals surface area contributed by atoms with Gasteiger partial charge in [-0.2, -0.15) is 0 Å². The minimum atomic E-state index is -1.41. The Morgan fingerprint density at radius 2 is 2.11 bits per heavy atom. The van der Waals surface area contributed by atoms with E-state index in [9.17, 15) is 34.7 Å². The molecule has 0 bridgehead atoms. The number of nitrogens with zero attached hydrogens (tertiary/aromatic N) is 2. The van der Waals surface area contributed by atoms with Gasteiger partial charge in [0, 0.05) is 44.0 Å². The van der Waals surface area contributed by atoms with Crippen LogP contribution in [0.1, 0.15) is 18.9 Å². The molecule has 1 aliphatic heterocycles. The second kappa shape index (κ2) is 8.65. The van der Waals surface area contributed by atoms with Crippen molar-refractivity contribution in [2.24, 2.45) is 0 Å². The molecule has 0 saturated carbocycles. The van der Waals surface area contributed by atoms with Crippen molar-refractivity contribution in [2.45, 2.75) is 38.0 Å². The molecule has 1 aromatic carbocycles. The molecular formula is C17H21N3O8. The number of ether oxygens (including phenoxy) is 1. The quantitative estimate of drug-likeness (QED) is 0.419. The predicted octanol–water partition coefficient (Wildman–Crippen LogP) is -0.303. The van der Waals surface area contributed by atoms with Gasteiger partial charge in [0.25, 0.3) is 5.69 Å². The van der Waals surface area contributed by atoms with Gasteiger partial charge in [-0.15, -0.1) is 0 Å². The Balaban J connectivity index is 2.21. The molecule has 0 aliphatic carbocycles. The average Bonchev–Trinajstić information content (AvgIpc) is 3.03. The number of hydrogen-bond donors (Lipinski definition) is 3. The van der Waals surface area contributed by atoms with E-state index in [1.807, 2.05) is 0 Å². The van der Waals surface area contributed by atoms with Gasteiger partial charge in [-0.3, -0.25) is 19.7 Å². The van der Waals surface area contributed by atoms with Gasteiger partial charge in [-0.05, 0) is 6.07 Å². The van der Waals surface area contributed by atoms with Crippen LogP contribution in [0.4, 0.5) is 5.69 Å². The number of rotatable bonds is 7. The van der Waals surface area contributed by atoms with Crippen molar-refractivity contribution in [1.29, 1.82) is 0 Å². The van der Waals surface area contributed by atoms with E-state index in [4.69, 9.17) is 4.74 Å². The molecule has 3 N–H and O–H groups in total. The number of carboxylic acids is 1. The van der Waals surface area contributed by atoms with E-state index in [2.05, 4.69) is 5.32 Å². The fourth-order valence-electron chi connectivity index (χ4n) is 3.14. The molecule has 1 saturated heterocycles. The summed E-state index contributed by atoms with van der Waals surface area (Å²) < 4.78 is 5.11. The van der Waals surface area contributed by atoms with E-state index in [1.54, 1.807) is 0 Å². The van der Waals surface area contributed by atoms with Crippen LogP contribution in [-0.2, 0) is 20.8 Å². The summed E-state index contributed by atoms with van der Waals surface area (Å²) >= 11 is 0. The van der Waals surface area contributed by atoms with Crippen LogP contribution in [0.3, 0.4) is 0 Å². The fraction of sp³-hybridized carbons (Fsp3) is 0.471. The van der Waals surface area contributed by atoms with Gasteiger partial charge in [-0.1, -0.05) is 0 Å². The molecular weight excluding hydrogens is 374 g/mol. The maximum absolute atomic E-state index is 12.5. The number of methoxy groups -OCH3 is 1. The Hall–Kier alpha value is -3.21. The number of carbonyl (C=O) groups is 3. The largest absolute Gasteiger partial charge is 0.496 e. The van der Waals surface area contributed by atoms with E-state index in [0.29, 0.717) is 0 Å². The van der Waals surface area contributed by atoms with E-state index < -0.39 is 40.9 Å². The number of benzene rings is 1. The van der Waals surface area contributed by atoms with E-state index in [-0.39, 0.29) is 36.4 Å². The van der Waals surface area contributed by atoms with Crippen molar-refractivity contribution >= 4 is 23.5 Å². The molecule has 1 aromatic rings. The third-order valence-electron chi connectivity index (χ3n) is 4.50. The first-order valence-corrected chi connectivity index (χ1v) is 8.43. The van der Waals surface area contributed by atoms with E-state index in [1.165, 1.54) is 37.1 Å². The number of non-ortho nitro benzene ring substituents is 1.